The summed E-state index contributed by atoms with van der Waals surface area (Å²) in [5.74, 6) is -0.359. The number of nitrogens with one attached hydrogen (secondary N) is 7. The topological polar surface area (TPSA) is 256 Å². The van der Waals surface area contributed by atoms with Gasteiger partial charge in [-0.25, -0.2) is 19.6 Å². The van der Waals surface area contributed by atoms with Gasteiger partial charge in [-0.15, -0.1) is 24.8 Å². The minimum absolute atomic E-state index is 0. The quantitative estimate of drug-likeness (QED) is 0.0646. The van der Waals surface area contributed by atoms with E-state index in [1.54, 1.807) is 66.7 Å². The Labute approximate surface area is 494 Å². The molecule has 4 aliphatic heterocycles. The number of aldehydes is 1. The first-order valence-corrected chi connectivity index (χ1v) is 27.5. The van der Waals surface area contributed by atoms with E-state index >= 15 is 0 Å². The lowest BCUT2D eigenvalue weighted by Crippen LogP contribution is -2.49. The van der Waals surface area contributed by atoms with E-state index in [0.29, 0.717) is 120 Å². The van der Waals surface area contributed by atoms with E-state index in [1.807, 2.05) is 30.3 Å². The first-order valence-electron chi connectivity index (χ1n) is 27.5. The lowest BCUT2D eigenvalue weighted by molar-refractivity contribution is 0.0206. The van der Waals surface area contributed by atoms with Crippen molar-refractivity contribution in [1.29, 1.82) is 0 Å². The first kappa shape index (κ1) is 62.1. The van der Waals surface area contributed by atoms with Gasteiger partial charge in [0.15, 0.2) is 11.6 Å². The summed E-state index contributed by atoms with van der Waals surface area (Å²) in [5, 5.41) is 27.4. The lowest BCUT2D eigenvalue weighted by Gasteiger charge is -2.34. The minimum Gasteiger partial charge on any atom is -0.383 e. The number of methoxy groups -OCH3 is 2. The molecule has 442 valence electrons. The second-order valence-corrected chi connectivity index (χ2v) is 20.2. The number of hydrogen-bond donors (Lipinski definition) is 7. The van der Waals surface area contributed by atoms with Gasteiger partial charge in [-0.1, -0.05) is 72.8 Å². The van der Waals surface area contributed by atoms with Crippen LogP contribution in [0.5, 0.6) is 0 Å². The number of anilines is 2. The van der Waals surface area contributed by atoms with Crippen molar-refractivity contribution in [2.45, 2.75) is 6.54 Å². The highest BCUT2D eigenvalue weighted by Gasteiger charge is 2.37. The van der Waals surface area contributed by atoms with Crippen molar-refractivity contribution in [1.82, 2.24) is 61.3 Å². The van der Waals surface area contributed by atoms with E-state index in [9.17, 15) is 24.0 Å². The highest BCUT2D eigenvalue weighted by Crippen LogP contribution is 2.44. The molecule has 2 aromatic heterocycles. The summed E-state index contributed by atoms with van der Waals surface area (Å²) in [4.78, 5) is 70.4. The van der Waals surface area contributed by atoms with Crippen LogP contribution in [0.2, 0.25) is 0 Å². The molecule has 12 rings (SSSR count). The monoisotopic (exact) mass is 1180 g/mol. The predicted octanol–water partition coefficient (Wildman–Crippen LogP) is 5.27. The molecule has 0 radical (unpaired) electrons. The number of fused-ring (bicyclic) bond motifs is 6. The fraction of sp³-hybridized carbons (Fsp3) is 0.397. The van der Waals surface area contributed by atoms with Crippen molar-refractivity contribution in [2.75, 3.05) is 156 Å². The number of morpholine rings is 2. The molecule has 83 heavy (non-hydrogen) atoms. The summed E-state index contributed by atoms with van der Waals surface area (Å²) in [6.07, 6.45) is 0.764. The molecule has 6 aromatic rings. The number of ether oxygens (including phenoxy) is 4. The van der Waals surface area contributed by atoms with Gasteiger partial charge < -0.3 is 34.9 Å². The Morgan fingerprint density at radius 2 is 1.00 bits per heavy atom. The summed E-state index contributed by atoms with van der Waals surface area (Å²) in [6.45, 7) is 18.0. The number of amides is 4. The van der Waals surface area contributed by atoms with Gasteiger partial charge in [0.2, 0.25) is 0 Å². The number of piperazine rings is 2. The molecule has 0 bridgehead atoms. The van der Waals surface area contributed by atoms with Crippen LogP contribution in [0, 0.1) is 0 Å². The number of aromatic nitrogens is 4. The van der Waals surface area contributed by atoms with Crippen LogP contribution in [-0.2, 0) is 25.5 Å². The highest BCUT2D eigenvalue weighted by molar-refractivity contribution is 6.28. The number of carbonyl (C=O) groups excluding carboxylic acids is 5. The van der Waals surface area contributed by atoms with E-state index in [4.69, 9.17) is 18.9 Å². The van der Waals surface area contributed by atoms with Gasteiger partial charge in [0, 0.05) is 140 Å². The van der Waals surface area contributed by atoms with E-state index in [1.165, 1.54) is 18.7 Å². The molecule has 25 heteroatoms. The Hall–Kier alpha value is -6.97. The average Bonchev–Trinajstić information content (AvgIpc) is 1.88. The summed E-state index contributed by atoms with van der Waals surface area (Å²) in [6, 6.07) is 25.1. The van der Waals surface area contributed by atoms with Crippen molar-refractivity contribution >= 4 is 66.1 Å². The zero-order valence-corrected chi connectivity index (χ0v) is 48.3. The maximum Gasteiger partial charge on any atom is 0.333 e. The molecule has 2 aliphatic carbocycles. The Balaban J connectivity index is 0.000000186. The first-order chi connectivity index (χ1) is 39.7. The maximum atomic E-state index is 13.7. The number of halogens is 2. The second-order valence-electron chi connectivity index (χ2n) is 20.2. The van der Waals surface area contributed by atoms with Gasteiger partial charge in [0.25, 0.3) is 0 Å². The molecule has 4 saturated heterocycles. The molecular weight excluding hydrogens is 1110 g/mol. The van der Waals surface area contributed by atoms with Gasteiger partial charge in [-0.2, -0.15) is 10.2 Å². The number of hydrazine groups is 2. The van der Waals surface area contributed by atoms with Crippen molar-refractivity contribution in [2.24, 2.45) is 0 Å². The lowest BCUT2D eigenvalue weighted by atomic mass is 10.0. The zero-order chi connectivity index (χ0) is 56.1. The summed E-state index contributed by atoms with van der Waals surface area (Å²) >= 11 is 0. The van der Waals surface area contributed by atoms with Crippen LogP contribution in [0.3, 0.4) is 0 Å². The van der Waals surface area contributed by atoms with Crippen LogP contribution in [-0.4, -0.2) is 221 Å². The fourth-order valence-corrected chi connectivity index (χ4v) is 10.6. The molecule has 6 heterocycles. The number of ketones is 2. The number of benzene rings is 4. The fourth-order valence-electron chi connectivity index (χ4n) is 10.6. The van der Waals surface area contributed by atoms with Crippen LogP contribution in [0.4, 0.5) is 21.0 Å². The standard InChI is InChI=1S/C29H35N7O4.C22H19N5O4.C7H16N2O.2ClH/c1-39-16-13-34-9-11-35(12-10-34)19-20-5-7-21(8-6-20)26-25-27(32-31-26)22-3-2-4-23(24(22)28(25)37)30-29(38)33-36-14-17-40-18-15-36;28-12-13-4-6-14(7-5-13)19-18-20(25-24-19)15-2-1-3-16(17(15)21(18)29)23-22(30)26-27-8-10-31-11-9-27;1-10-7-6-9-4-2-8-3-5-9;;/h2-8H,9-19H2,1H3,(H,31,32)(H2,30,33,38);1-7,12H,8-11H2,(H,24,25)(H2,23,26,30);8H,2-7H2,1H3;2*1H. The summed E-state index contributed by atoms with van der Waals surface area (Å²) < 4.78 is 20.8. The van der Waals surface area contributed by atoms with Gasteiger partial charge in [0.1, 0.15) is 17.7 Å². The second kappa shape index (κ2) is 30.0. The Morgan fingerprint density at radius 3 is 1.45 bits per heavy atom. The van der Waals surface area contributed by atoms with E-state index in [2.05, 4.69) is 74.0 Å². The molecule has 4 fully saturated rings. The van der Waals surface area contributed by atoms with Crippen molar-refractivity contribution in [3.8, 4) is 45.0 Å². The molecule has 0 spiro atoms. The number of hydrogen-bond acceptors (Lipinski definition) is 17. The molecule has 0 atom stereocenters. The number of nitrogens with zero attached hydrogens (tertiary/aromatic N) is 7. The van der Waals surface area contributed by atoms with Crippen molar-refractivity contribution in [3.05, 3.63) is 118 Å². The maximum absolute atomic E-state index is 13.7. The van der Waals surface area contributed by atoms with Gasteiger partial charge in [-0.3, -0.25) is 50.1 Å². The molecule has 7 N–H and O–H groups in total. The number of rotatable bonds is 15. The van der Waals surface area contributed by atoms with E-state index in [0.717, 1.165) is 95.1 Å². The van der Waals surface area contributed by atoms with Crippen LogP contribution in [0.25, 0.3) is 45.0 Å². The third-order valence-corrected chi connectivity index (χ3v) is 15.0. The largest absolute Gasteiger partial charge is 0.383 e. The molecule has 0 unspecified atom stereocenters. The number of H-pyrrole nitrogens is 2. The van der Waals surface area contributed by atoms with Crippen LogP contribution < -0.4 is 26.8 Å². The molecular formula is C58H72Cl2N14O9. The third-order valence-electron chi connectivity index (χ3n) is 15.0. The van der Waals surface area contributed by atoms with Crippen molar-refractivity contribution in [3.63, 3.8) is 0 Å². The van der Waals surface area contributed by atoms with Crippen molar-refractivity contribution < 1.29 is 42.9 Å². The normalized spacial score (nSPS) is 16.9. The zero-order valence-electron chi connectivity index (χ0n) is 46.6. The molecule has 4 amide bonds. The van der Waals surface area contributed by atoms with Gasteiger partial charge in [-0.05, 0) is 17.7 Å². The predicted molar refractivity (Wildman–Crippen MR) is 320 cm³/mol. The number of aromatic amines is 2. The molecule has 0 saturated carbocycles. The molecule has 4 aromatic carbocycles. The van der Waals surface area contributed by atoms with E-state index in [-0.39, 0.29) is 42.4 Å². The van der Waals surface area contributed by atoms with Crippen LogP contribution in [0.15, 0.2) is 84.9 Å². The number of carbonyl (C=O) groups is 5. The van der Waals surface area contributed by atoms with Crippen LogP contribution in [0.1, 0.15) is 47.8 Å². The van der Waals surface area contributed by atoms with Gasteiger partial charge in [0.05, 0.1) is 84.7 Å². The Bertz CT molecular complexity index is 3150. The Morgan fingerprint density at radius 1 is 0.566 bits per heavy atom. The molecule has 6 aliphatic rings. The van der Waals surface area contributed by atoms with E-state index < -0.39 is 6.03 Å². The average molecular weight is 1180 g/mol. The number of urea groups is 2. The third kappa shape index (κ3) is 15.1. The summed E-state index contributed by atoms with van der Waals surface area (Å²) in [7, 11) is 3.50. The highest BCUT2D eigenvalue weighted by atomic mass is 35.5. The summed E-state index contributed by atoms with van der Waals surface area (Å²) in [5.41, 5.74) is 15.7. The minimum atomic E-state index is -0.415. The SMILES string of the molecule is COCCN1CCN(Cc2ccc(-c3n[nH]c4c3C(=O)c3c(NC(=O)NN5CCOCC5)cccc3-4)cc2)CC1.COCCN1CCNCC1.Cl.Cl.O=Cc1ccc(-c2n[nH]c3c2C(=O)c2c(NC(=O)NN4CCOCC4)cccc2-3)cc1. The molecule has 23 nitrogen and oxygen atoms in total. The smallest absolute Gasteiger partial charge is 0.333 e. The van der Waals surface area contributed by atoms with Gasteiger partial charge >= 0.3 is 12.1 Å². The Kier molecular flexibility index (Phi) is 22.5. The van der Waals surface area contributed by atoms with Crippen LogP contribution >= 0.6 is 24.8 Å².